The van der Waals surface area contributed by atoms with Crippen LogP contribution in [0.1, 0.15) is 18.1 Å². The van der Waals surface area contributed by atoms with Crippen molar-refractivity contribution >= 4 is 45.0 Å². The van der Waals surface area contributed by atoms with Crippen molar-refractivity contribution in [2.45, 2.75) is 24.8 Å². The number of aryl methyl sites for hydroxylation is 1. The summed E-state index contributed by atoms with van der Waals surface area (Å²) >= 11 is 12.7. The molecule has 1 saturated heterocycles. The number of anilines is 1. The minimum atomic E-state index is -4.02. The Bertz CT molecular complexity index is 1370. The molecule has 0 radical (unpaired) electrons. The number of halogens is 4. The second kappa shape index (κ2) is 10.5. The zero-order valence-corrected chi connectivity index (χ0v) is 21.6. The second-order valence-corrected chi connectivity index (χ2v) is 10.8. The zero-order chi connectivity index (χ0) is 26.0. The van der Waals surface area contributed by atoms with Crippen molar-refractivity contribution < 1.29 is 17.2 Å². The summed E-state index contributed by atoms with van der Waals surface area (Å²) in [5.74, 6) is -0.687. The Balaban J connectivity index is 1.68. The highest BCUT2D eigenvalue weighted by atomic mass is 35.5. The summed E-state index contributed by atoms with van der Waals surface area (Å²) in [5, 5.41) is 4.17. The fourth-order valence-electron chi connectivity index (χ4n) is 3.82. The number of nitrogens with zero attached hydrogens (tertiary/aromatic N) is 5. The van der Waals surface area contributed by atoms with Gasteiger partial charge in [0, 0.05) is 25.7 Å². The van der Waals surface area contributed by atoms with Gasteiger partial charge < -0.3 is 9.80 Å². The van der Waals surface area contributed by atoms with E-state index >= 15 is 0 Å². The van der Waals surface area contributed by atoms with Gasteiger partial charge in [-0.3, -0.25) is 0 Å². The van der Waals surface area contributed by atoms with Gasteiger partial charge in [-0.15, -0.1) is 5.10 Å². The third-order valence-corrected chi connectivity index (χ3v) is 7.44. The standard InChI is InChI=1S/C23H22Cl2F2N6O2S/c1-14-3-5-18(6-4-14)36(34,35)31-30-22(21-19(24)9-16(26)10-20(21)25)33-8-7-32(13-15(33)2)23-28-11-17(27)12-29-23/h3-6,9-12,15,31H,7-8,13H2,1-2H3/b30-22-/t15-/m1/s1. The number of benzene rings is 2. The van der Waals surface area contributed by atoms with Gasteiger partial charge in [0.2, 0.25) is 5.95 Å². The number of hydrogen-bond acceptors (Lipinski definition) is 6. The molecule has 1 atom stereocenters. The summed E-state index contributed by atoms with van der Waals surface area (Å²) in [6.07, 6.45) is 2.17. The van der Waals surface area contributed by atoms with Gasteiger partial charge in [-0.05, 0) is 38.1 Å². The molecule has 2 aromatic carbocycles. The van der Waals surface area contributed by atoms with Crippen LogP contribution in [0.4, 0.5) is 14.7 Å². The number of piperazine rings is 1. The molecule has 3 aromatic rings. The molecule has 0 amide bonds. The molecular formula is C23H22Cl2F2N6O2S. The van der Waals surface area contributed by atoms with Gasteiger partial charge in [0.1, 0.15) is 5.82 Å². The first-order chi connectivity index (χ1) is 17.0. The van der Waals surface area contributed by atoms with Gasteiger partial charge in [0.15, 0.2) is 11.7 Å². The van der Waals surface area contributed by atoms with Crippen LogP contribution in [0.2, 0.25) is 10.0 Å². The lowest BCUT2D eigenvalue weighted by molar-refractivity contribution is 0.295. The van der Waals surface area contributed by atoms with Crippen LogP contribution in [0.15, 0.2) is 58.8 Å². The maximum Gasteiger partial charge on any atom is 0.276 e. The topological polar surface area (TPSA) is 90.8 Å². The number of aromatic nitrogens is 2. The number of nitrogens with one attached hydrogen (secondary N) is 1. The lowest BCUT2D eigenvalue weighted by Crippen LogP contribution is -2.55. The highest BCUT2D eigenvalue weighted by Crippen LogP contribution is 2.30. The Morgan fingerprint density at radius 2 is 1.67 bits per heavy atom. The molecule has 0 spiro atoms. The van der Waals surface area contributed by atoms with E-state index in [1.165, 1.54) is 12.1 Å². The van der Waals surface area contributed by atoms with Crippen LogP contribution < -0.4 is 9.73 Å². The predicted octanol–water partition coefficient (Wildman–Crippen LogP) is 4.22. The molecule has 8 nitrogen and oxygen atoms in total. The molecule has 36 heavy (non-hydrogen) atoms. The van der Waals surface area contributed by atoms with Crippen LogP contribution in [-0.2, 0) is 10.0 Å². The average molecular weight is 555 g/mol. The van der Waals surface area contributed by atoms with E-state index in [0.717, 1.165) is 30.1 Å². The highest BCUT2D eigenvalue weighted by Gasteiger charge is 2.31. The smallest absolute Gasteiger partial charge is 0.276 e. The number of rotatable bonds is 5. The summed E-state index contributed by atoms with van der Waals surface area (Å²) in [5.41, 5.74) is 1.09. The summed E-state index contributed by atoms with van der Waals surface area (Å²) < 4.78 is 53.0. The SMILES string of the molecule is Cc1ccc(S(=O)(=O)N/N=C(/c2c(Cl)cc(F)cc2Cl)N2CCN(c3ncc(F)cn3)C[C@H]2C)cc1. The normalized spacial score (nSPS) is 16.8. The summed E-state index contributed by atoms with van der Waals surface area (Å²) in [7, 11) is -4.02. The van der Waals surface area contributed by atoms with Gasteiger partial charge in [-0.2, -0.15) is 13.2 Å². The minimum absolute atomic E-state index is 0.0234. The Hall–Kier alpha value is -3.02. The van der Waals surface area contributed by atoms with Crippen molar-refractivity contribution in [2.24, 2.45) is 5.10 Å². The zero-order valence-electron chi connectivity index (χ0n) is 19.3. The monoisotopic (exact) mass is 554 g/mol. The largest absolute Gasteiger partial charge is 0.348 e. The van der Waals surface area contributed by atoms with Gasteiger partial charge in [0.05, 0.1) is 32.9 Å². The van der Waals surface area contributed by atoms with Gasteiger partial charge >= 0.3 is 0 Å². The van der Waals surface area contributed by atoms with Crippen LogP contribution in [-0.4, -0.2) is 54.8 Å². The number of hydrogen-bond donors (Lipinski definition) is 1. The molecule has 1 aromatic heterocycles. The number of sulfonamides is 1. The molecule has 0 unspecified atom stereocenters. The molecule has 0 bridgehead atoms. The lowest BCUT2D eigenvalue weighted by Gasteiger charge is -2.41. The van der Waals surface area contributed by atoms with E-state index in [1.54, 1.807) is 12.1 Å². The molecule has 2 heterocycles. The molecule has 1 aliphatic heterocycles. The Morgan fingerprint density at radius 3 is 2.25 bits per heavy atom. The fourth-order valence-corrected chi connectivity index (χ4v) is 5.25. The molecule has 190 valence electrons. The molecule has 0 aliphatic carbocycles. The molecule has 13 heteroatoms. The van der Waals surface area contributed by atoms with Crippen molar-refractivity contribution in [3.05, 3.63) is 81.6 Å². The molecule has 4 rings (SSSR count). The Morgan fingerprint density at radius 1 is 1.06 bits per heavy atom. The highest BCUT2D eigenvalue weighted by molar-refractivity contribution is 7.89. The summed E-state index contributed by atoms with van der Waals surface area (Å²) in [6, 6.07) is 8.19. The van der Waals surface area contributed by atoms with Gasteiger partial charge in [0.25, 0.3) is 10.0 Å². The van der Waals surface area contributed by atoms with Crippen LogP contribution >= 0.6 is 23.2 Å². The van der Waals surface area contributed by atoms with E-state index in [2.05, 4.69) is 19.9 Å². The third-order valence-electron chi connectivity index (χ3n) is 5.62. The molecule has 1 fully saturated rings. The molecule has 1 N–H and O–H groups in total. The van der Waals surface area contributed by atoms with E-state index in [-0.39, 0.29) is 32.4 Å². The van der Waals surface area contributed by atoms with Crippen molar-refractivity contribution in [1.29, 1.82) is 0 Å². The number of hydrazone groups is 1. The summed E-state index contributed by atoms with van der Waals surface area (Å²) in [4.78, 5) is 14.0. The predicted molar refractivity (Wildman–Crippen MR) is 135 cm³/mol. The molecule has 0 saturated carbocycles. The third kappa shape index (κ3) is 5.69. The number of amidine groups is 1. The van der Waals surface area contributed by atoms with Crippen LogP contribution in [0, 0.1) is 18.6 Å². The Labute approximate surface area is 217 Å². The first-order valence-electron chi connectivity index (χ1n) is 10.9. The quantitative estimate of drug-likeness (QED) is 0.288. The van der Waals surface area contributed by atoms with Gasteiger partial charge in [-0.1, -0.05) is 40.9 Å². The van der Waals surface area contributed by atoms with E-state index in [9.17, 15) is 17.2 Å². The lowest BCUT2D eigenvalue weighted by atomic mass is 10.1. The van der Waals surface area contributed by atoms with Crippen molar-refractivity contribution in [3.8, 4) is 0 Å². The van der Waals surface area contributed by atoms with Crippen molar-refractivity contribution in [3.63, 3.8) is 0 Å². The maximum absolute atomic E-state index is 13.9. The van der Waals surface area contributed by atoms with Gasteiger partial charge in [-0.25, -0.2) is 18.7 Å². The molecule has 1 aliphatic rings. The van der Waals surface area contributed by atoms with E-state index in [1.807, 2.05) is 23.6 Å². The second-order valence-electron chi connectivity index (χ2n) is 8.28. The maximum atomic E-state index is 13.9. The Kier molecular flexibility index (Phi) is 7.62. The van der Waals surface area contributed by atoms with Crippen LogP contribution in [0.3, 0.4) is 0 Å². The first-order valence-corrected chi connectivity index (χ1v) is 13.1. The van der Waals surface area contributed by atoms with Crippen LogP contribution in [0.25, 0.3) is 0 Å². The average Bonchev–Trinajstić information content (AvgIpc) is 2.81. The van der Waals surface area contributed by atoms with Crippen LogP contribution in [0.5, 0.6) is 0 Å². The van der Waals surface area contributed by atoms with E-state index in [4.69, 9.17) is 23.2 Å². The van der Waals surface area contributed by atoms with Crippen molar-refractivity contribution in [2.75, 3.05) is 24.5 Å². The first kappa shape index (κ1) is 26.1. The van der Waals surface area contributed by atoms with E-state index < -0.39 is 21.7 Å². The fraction of sp³-hybridized carbons (Fsp3) is 0.261. The van der Waals surface area contributed by atoms with E-state index in [0.29, 0.717) is 25.6 Å². The summed E-state index contributed by atoms with van der Waals surface area (Å²) in [6.45, 7) is 4.89. The van der Waals surface area contributed by atoms with Crippen molar-refractivity contribution in [1.82, 2.24) is 19.7 Å². The minimum Gasteiger partial charge on any atom is -0.348 e. The molecular weight excluding hydrogens is 533 g/mol.